The van der Waals surface area contributed by atoms with Crippen molar-refractivity contribution >= 4 is 23.4 Å². The van der Waals surface area contributed by atoms with Crippen molar-refractivity contribution in [2.24, 2.45) is 0 Å². The first-order valence-electron chi connectivity index (χ1n) is 6.95. The lowest BCUT2D eigenvalue weighted by molar-refractivity contribution is 0.0939. The lowest BCUT2D eigenvalue weighted by Crippen LogP contribution is -2.38. The second-order valence-electron chi connectivity index (χ2n) is 5.08. The molecule has 1 saturated carbocycles. The van der Waals surface area contributed by atoms with E-state index in [1.165, 1.54) is 7.11 Å². The number of benzene rings is 1. The number of carbonyl (C=O) groups excluding carboxylic acids is 1. The summed E-state index contributed by atoms with van der Waals surface area (Å²) in [6.45, 7) is 0. The smallest absolute Gasteiger partial charge is 0.253 e. The van der Waals surface area contributed by atoms with Crippen LogP contribution in [0, 0.1) is 0 Å². The minimum Gasteiger partial charge on any atom is -0.497 e. The molecule has 2 atom stereocenters. The second kappa shape index (κ2) is 6.93. The number of anilines is 1. The topological polar surface area (TPSA) is 73.6 Å². The number of rotatable bonds is 5. The summed E-state index contributed by atoms with van der Waals surface area (Å²) in [5.74, 6) is 0.835. The molecule has 116 valence electrons. The van der Waals surface area contributed by atoms with Gasteiger partial charge >= 0.3 is 0 Å². The van der Waals surface area contributed by atoms with Gasteiger partial charge in [0.1, 0.15) is 11.5 Å². The Morgan fingerprint density at radius 3 is 2.71 bits per heavy atom. The molecule has 2 rings (SSSR count). The van der Waals surface area contributed by atoms with E-state index in [2.05, 4.69) is 11.6 Å². The number of carbonyl (C=O) groups is 1. The Hall–Kier alpha value is -1.56. The van der Waals surface area contributed by atoms with E-state index in [1.807, 2.05) is 0 Å². The third-order valence-corrected chi connectivity index (χ3v) is 5.06. The van der Waals surface area contributed by atoms with E-state index >= 15 is 0 Å². The van der Waals surface area contributed by atoms with Crippen LogP contribution < -0.4 is 20.5 Å². The van der Waals surface area contributed by atoms with Crippen LogP contribution in [0.1, 0.15) is 29.6 Å². The molecule has 0 heterocycles. The van der Waals surface area contributed by atoms with Gasteiger partial charge in [-0.2, -0.15) is 11.8 Å². The number of amides is 1. The Balaban J connectivity index is 2.22. The molecule has 0 bridgehead atoms. The molecule has 3 N–H and O–H groups in total. The van der Waals surface area contributed by atoms with Crippen LogP contribution in [0.15, 0.2) is 12.1 Å². The minimum absolute atomic E-state index is 0.171. The van der Waals surface area contributed by atoms with Gasteiger partial charge in [0.25, 0.3) is 5.91 Å². The van der Waals surface area contributed by atoms with E-state index in [-0.39, 0.29) is 11.9 Å². The summed E-state index contributed by atoms with van der Waals surface area (Å²) in [7, 11) is 3.07. The van der Waals surface area contributed by atoms with Crippen LogP contribution in [0.5, 0.6) is 11.5 Å². The van der Waals surface area contributed by atoms with Gasteiger partial charge in [0.2, 0.25) is 0 Å². The van der Waals surface area contributed by atoms with Crippen molar-refractivity contribution in [2.75, 3.05) is 26.2 Å². The average Bonchev–Trinajstić information content (AvgIpc) is 2.94. The van der Waals surface area contributed by atoms with E-state index in [9.17, 15) is 4.79 Å². The van der Waals surface area contributed by atoms with E-state index in [0.29, 0.717) is 28.0 Å². The fourth-order valence-electron chi connectivity index (χ4n) is 2.70. The van der Waals surface area contributed by atoms with Gasteiger partial charge in [-0.05, 0) is 25.2 Å². The number of thioether (sulfide) groups is 1. The van der Waals surface area contributed by atoms with Gasteiger partial charge in [-0.1, -0.05) is 6.42 Å². The Labute approximate surface area is 129 Å². The van der Waals surface area contributed by atoms with Crippen LogP contribution in [-0.2, 0) is 0 Å². The maximum atomic E-state index is 12.5. The highest BCUT2D eigenvalue weighted by molar-refractivity contribution is 7.99. The molecule has 0 radical (unpaired) electrons. The maximum absolute atomic E-state index is 12.5. The molecule has 1 aromatic carbocycles. The van der Waals surface area contributed by atoms with E-state index in [1.54, 1.807) is 31.0 Å². The summed E-state index contributed by atoms with van der Waals surface area (Å²) >= 11 is 1.80. The van der Waals surface area contributed by atoms with Crippen LogP contribution in [0.3, 0.4) is 0 Å². The SMILES string of the molecule is COc1cc(OC)c(N)c(C(=O)NC2CCCC2SC)c1. The Bertz CT molecular complexity index is 522. The fourth-order valence-corrected chi connectivity index (χ4v) is 3.63. The minimum atomic E-state index is -0.171. The Morgan fingerprint density at radius 2 is 2.10 bits per heavy atom. The number of nitrogen functional groups attached to an aromatic ring is 1. The number of ether oxygens (including phenoxy) is 2. The molecule has 0 saturated heterocycles. The van der Waals surface area contributed by atoms with Crippen LogP contribution >= 0.6 is 11.8 Å². The molecule has 6 heteroatoms. The maximum Gasteiger partial charge on any atom is 0.253 e. The van der Waals surface area contributed by atoms with Crippen molar-refractivity contribution in [2.45, 2.75) is 30.6 Å². The third-order valence-electron chi connectivity index (χ3n) is 3.89. The van der Waals surface area contributed by atoms with Gasteiger partial charge in [0, 0.05) is 17.4 Å². The van der Waals surface area contributed by atoms with Crippen molar-refractivity contribution in [1.82, 2.24) is 5.32 Å². The number of nitrogens with one attached hydrogen (secondary N) is 1. The monoisotopic (exact) mass is 310 g/mol. The molecule has 1 aliphatic carbocycles. The Kier molecular flexibility index (Phi) is 5.22. The van der Waals surface area contributed by atoms with Crippen molar-refractivity contribution < 1.29 is 14.3 Å². The normalized spacial score (nSPS) is 21.1. The summed E-state index contributed by atoms with van der Waals surface area (Å²) in [5.41, 5.74) is 6.76. The molecule has 5 nitrogen and oxygen atoms in total. The number of methoxy groups -OCH3 is 2. The quantitative estimate of drug-likeness (QED) is 0.816. The van der Waals surface area contributed by atoms with Gasteiger partial charge in [0.05, 0.1) is 25.5 Å². The lowest BCUT2D eigenvalue weighted by Gasteiger charge is -2.20. The highest BCUT2D eigenvalue weighted by atomic mass is 32.2. The summed E-state index contributed by atoms with van der Waals surface area (Å²) in [6.07, 6.45) is 5.38. The molecular weight excluding hydrogens is 288 g/mol. The zero-order valence-corrected chi connectivity index (χ0v) is 13.5. The predicted molar refractivity (Wildman–Crippen MR) is 86.4 cm³/mol. The first-order valence-corrected chi connectivity index (χ1v) is 8.24. The predicted octanol–water partition coefficient (Wildman–Crippen LogP) is 2.30. The van der Waals surface area contributed by atoms with Gasteiger partial charge < -0.3 is 20.5 Å². The van der Waals surface area contributed by atoms with Crippen molar-refractivity contribution in [3.63, 3.8) is 0 Å². The van der Waals surface area contributed by atoms with Gasteiger partial charge in [-0.25, -0.2) is 0 Å². The molecular formula is C15H22N2O3S. The second-order valence-corrected chi connectivity index (χ2v) is 6.15. The number of hydrogen-bond acceptors (Lipinski definition) is 5. The lowest BCUT2D eigenvalue weighted by atomic mass is 10.1. The van der Waals surface area contributed by atoms with Gasteiger partial charge in [-0.3, -0.25) is 4.79 Å². The van der Waals surface area contributed by atoms with Crippen LogP contribution in [0.4, 0.5) is 5.69 Å². The van der Waals surface area contributed by atoms with Gasteiger partial charge in [-0.15, -0.1) is 0 Å². The molecule has 1 fully saturated rings. The molecule has 0 aromatic heterocycles. The zero-order chi connectivity index (χ0) is 15.4. The first kappa shape index (κ1) is 15.8. The summed E-state index contributed by atoms with van der Waals surface area (Å²) < 4.78 is 10.4. The van der Waals surface area contributed by atoms with Crippen LogP contribution in [0.25, 0.3) is 0 Å². The van der Waals surface area contributed by atoms with Crippen LogP contribution in [-0.4, -0.2) is 37.7 Å². The van der Waals surface area contributed by atoms with Crippen molar-refractivity contribution in [3.05, 3.63) is 17.7 Å². The Morgan fingerprint density at radius 1 is 1.33 bits per heavy atom. The van der Waals surface area contributed by atoms with Crippen molar-refractivity contribution in [3.8, 4) is 11.5 Å². The standard InChI is InChI=1S/C15H22N2O3S/c1-19-9-7-10(14(16)12(8-9)20-2)15(18)17-11-5-4-6-13(11)21-3/h7-8,11,13H,4-6,16H2,1-3H3,(H,17,18). The molecule has 0 aliphatic heterocycles. The molecule has 2 unspecified atom stereocenters. The summed E-state index contributed by atoms with van der Waals surface area (Å²) in [5, 5.41) is 3.56. The molecule has 1 amide bonds. The van der Waals surface area contributed by atoms with Crippen molar-refractivity contribution in [1.29, 1.82) is 0 Å². The molecule has 1 aliphatic rings. The largest absolute Gasteiger partial charge is 0.497 e. The highest BCUT2D eigenvalue weighted by Crippen LogP contribution is 2.32. The first-order chi connectivity index (χ1) is 10.1. The van der Waals surface area contributed by atoms with Crippen LogP contribution in [0.2, 0.25) is 0 Å². The summed E-state index contributed by atoms with van der Waals surface area (Å²) in [4.78, 5) is 12.5. The molecule has 0 spiro atoms. The molecule has 1 aromatic rings. The van der Waals surface area contributed by atoms with Gasteiger partial charge in [0.15, 0.2) is 0 Å². The van der Waals surface area contributed by atoms with E-state index in [0.717, 1.165) is 19.3 Å². The van der Waals surface area contributed by atoms with E-state index < -0.39 is 0 Å². The summed E-state index contributed by atoms with van der Waals surface area (Å²) in [6, 6.07) is 3.52. The highest BCUT2D eigenvalue weighted by Gasteiger charge is 2.29. The third kappa shape index (κ3) is 3.37. The number of nitrogens with two attached hydrogens (primary N) is 1. The fraction of sp³-hybridized carbons (Fsp3) is 0.533. The number of hydrogen-bond donors (Lipinski definition) is 2. The average molecular weight is 310 g/mol. The zero-order valence-electron chi connectivity index (χ0n) is 12.6. The molecule has 21 heavy (non-hydrogen) atoms. The van der Waals surface area contributed by atoms with E-state index in [4.69, 9.17) is 15.2 Å².